The fourth-order valence-corrected chi connectivity index (χ4v) is 4.02. The van der Waals surface area contributed by atoms with Crippen molar-refractivity contribution in [3.8, 4) is 0 Å². The summed E-state index contributed by atoms with van der Waals surface area (Å²) < 4.78 is 2.09. The van der Waals surface area contributed by atoms with Crippen LogP contribution in [0.15, 0.2) is 48.7 Å². The van der Waals surface area contributed by atoms with Gasteiger partial charge < -0.3 is 0 Å². The quantitative estimate of drug-likeness (QED) is 0.515. The second-order valence-electron chi connectivity index (χ2n) is 7.23. The van der Waals surface area contributed by atoms with E-state index in [1.807, 2.05) is 18.2 Å². The molecule has 1 aliphatic rings. The van der Waals surface area contributed by atoms with Gasteiger partial charge in [0.25, 0.3) is 0 Å². The monoisotopic (exact) mass is 341 g/mol. The predicted molar refractivity (Wildman–Crippen MR) is 102 cm³/mol. The van der Waals surface area contributed by atoms with Crippen molar-refractivity contribution < 1.29 is 4.79 Å². The molecule has 0 amide bonds. The molecule has 0 N–H and O–H groups in total. The smallest absolute Gasteiger partial charge is 0.235 e. The number of hydrogen-bond donors (Lipinski definition) is 0. The first-order valence-corrected chi connectivity index (χ1v) is 8.97. The van der Waals surface area contributed by atoms with Crippen molar-refractivity contribution in [1.29, 1.82) is 0 Å². The van der Waals surface area contributed by atoms with E-state index < -0.39 is 0 Å². The van der Waals surface area contributed by atoms with Crippen LogP contribution in [-0.4, -0.2) is 20.2 Å². The number of fused-ring (bicyclic) bond motifs is 5. The lowest BCUT2D eigenvalue weighted by Gasteiger charge is -2.24. The number of nitrogens with zero attached hydrogens (tertiary/aromatic N) is 3. The summed E-state index contributed by atoms with van der Waals surface area (Å²) in [6, 6.07) is 14.6. The molecule has 2 heterocycles. The van der Waals surface area contributed by atoms with Gasteiger partial charge >= 0.3 is 0 Å². The van der Waals surface area contributed by atoms with Crippen molar-refractivity contribution in [3.63, 3.8) is 0 Å². The Hall–Kier alpha value is -3.01. The molecule has 2 aromatic carbocycles. The zero-order valence-corrected chi connectivity index (χ0v) is 14.9. The van der Waals surface area contributed by atoms with E-state index >= 15 is 0 Å². The number of imidazole rings is 1. The number of benzene rings is 2. The highest BCUT2D eigenvalue weighted by atomic mass is 16.1. The van der Waals surface area contributed by atoms with Gasteiger partial charge in [-0.3, -0.25) is 9.20 Å². The number of hydrogen-bond acceptors (Lipinski definition) is 3. The minimum Gasteiger partial charge on any atom is -0.294 e. The lowest BCUT2D eigenvalue weighted by molar-refractivity contribution is 0.0962. The Balaban J connectivity index is 1.77. The molecule has 1 unspecified atom stereocenters. The largest absolute Gasteiger partial charge is 0.294 e. The molecule has 4 heteroatoms. The highest BCUT2D eigenvalue weighted by Gasteiger charge is 2.29. The molecule has 5 rings (SSSR count). The van der Waals surface area contributed by atoms with Crippen LogP contribution in [0.4, 0.5) is 0 Å². The molecular weight excluding hydrogens is 322 g/mol. The topological polar surface area (TPSA) is 47.3 Å². The number of Topliss-reactive ketones (excluding diaryl/α,β-unsaturated/α-hetero) is 1. The number of aromatic nitrogens is 3. The maximum Gasteiger partial charge on any atom is 0.235 e. The van der Waals surface area contributed by atoms with Crippen molar-refractivity contribution in [3.05, 3.63) is 76.6 Å². The first-order chi connectivity index (χ1) is 12.6. The summed E-state index contributed by atoms with van der Waals surface area (Å²) in [5, 5.41) is 0. The predicted octanol–water partition coefficient (Wildman–Crippen LogP) is 4.41. The Bertz CT molecular complexity index is 1170. The Labute approximate surface area is 151 Å². The minimum absolute atomic E-state index is 0.167. The number of carbonyl (C=O) groups excluding carboxylic acids is 1. The highest BCUT2D eigenvalue weighted by molar-refractivity contribution is 5.99. The van der Waals surface area contributed by atoms with Gasteiger partial charge in [-0.15, -0.1) is 0 Å². The number of ketones is 1. The Morgan fingerprint density at radius 2 is 1.81 bits per heavy atom. The first kappa shape index (κ1) is 15.3. The number of carbonyl (C=O) groups is 1. The van der Waals surface area contributed by atoms with E-state index in [4.69, 9.17) is 0 Å². The normalized spacial score (nSPS) is 17.0. The van der Waals surface area contributed by atoms with Crippen LogP contribution in [0.25, 0.3) is 16.8 Å². The van der Waals surface area contributed by atoms with Crippen molar-refractivity contribution in [2.75, 3.05) is 0 Å². The van der Waals surface area contributed by atoms with E-state index in [0.29, 0.717) is 12.2 Å². The Morgan fingerprint density at radius 3 is 2.62 bits per heavy atom. The molecule has 128 valence electrons. The molecule has 0 spiro atoms. The molecule has 0 fully saturated rings. The summed E-state index contributed by atoms with van der Waals surface area (Å²) in [4.78, 5) is 22.0. The lowest BCUT2D eigenvalue weighted by Crippen LogP contribution is -2.22. The van der Waals surface area contributed by atoms with Crippen LogP contribution >= 0.6 is 0 Å². The molecule has 0 saturated heterocycles. The molecule has 1 atom stereocenters. The van der Waals surface area contributed by atoms with Crippen molar-refractivity contribution in [2.45, 2.75) is 32.6 Å². The summed E-state index contributed by atoms with van der Waals surface area (Å²) in [7, 11) is 0. The average molecular weight is 341 g/mol. The fourth-order valence-electron chi connectivity index (χ4n) is 4.02. The van der Waals surface area contributed by atoms with Crippen molar-refractivity contribution in [2.24, 2.45) is 0 Å². The van der Waals surface area contributed by atoms with Crippen LogP contribution in [0, 0.1) is 13.8 Å². The van der Waals surface area contributed by atoms with Crippen molar-refractivity contribution in [1.82, 2.24) is 14.4 Å². The molecule has 4 nitrogen and oxygen atoms in total. The molecule has 2 aromatic heterocycles. The molecule has 0 saturated carbocycles. The van der Waals surface area contributed by atoms with Crippen LogP contribution in [-0.2, 0) is 6.42 Å². The third kappa shape index (κ3) is 2.18. The van der Waals surface area contributed by atoms with Gasteiger partial charge in [-0.25, -0.2) is 9.97 Å². The van der Waals surface area contributed by atoms with E-state index in [1.54, 1.807) is 6.20 Å². The van der Waals surface area contributed by atoms with E-state index in [9.17, 15) is 4.79 Å². The maximum absolute atomic E-state index is 12.8. The third-order valence-electron chi connectivity index (χ3n) is 5.59. The van der Waals surface area contributed by atoms with E-state index in [1.165, 1.54) is 16.7 Å². The van der Waals surface area contributed by atoms with Crippen LogP contribution < -0.4 is 0 Å². The van der Waals surface area contributed by atoms with Gasteiger partial charge in [-0.05, 0) is 55.0 Å². The Kier molecular flexibility index (Phi) is 3.23. The zero-order valence-electron chi connectivity index (χ0n) is 14.9. The zero-order chi connectivity index (χ0) is 17.8. The van der Waals surface area contributed by atoms with E-state index in [2.05, 4.69) is 52.5 Å². The van der Waals surface area contributed by atoms with Gasteiger partial charge in [0.05, 0.1) is 16.6 Å². The van der Waals surface area contributed by atoms with Crippen LogP contribution in [0.2, 0.25) is 0 Å². The fraction of sp³-hybridized carbons (Fsp3) is 0.227. The van der Waals surface area contributed by atoms with Crippen LogP contribution in [0.5, 0.6) is 0 Å². The first-order valence-electron chi connectivity index (χ1n) is 8.97. The maximum atomic E-state index is 12.8. The van der Waals surface area contributed by atoms with Gasteiger partial charge in [0.2, 0.25) is 5.78 Å². The molecule has 0 bridgehead atoms. The second kappa shape index (κ2) is 5.49. The average Bonchev–Trinajstić information content (AvgIpc) is 3.00. The summed E-state index contributed by atoms with van der Waals surface area (Å²) >= 11 is 0. The standard InChI is InChI=1S/C22H19N3O/c1-13-8-18-20(9-14(13)2)25-19-10-16(15-6-4-3-5-7-15)11-21(26)17(19)12-23-22(25)24-18/h3-9,12,16H,10-11H2,1-2H3. The van der Waals surface area contributed by atoms with Crippen LogP contribution in [0.1, 0.15) is 45.1 Å². The summed E-state index contributed by atoms with van der Waals surface area (Å²) in [5.41, 5.74) is 7.39. The molecular formula is C22H19N3O. The van der Waals surface area contributed by atoms with Crippen molar-refractivity contribution >= 4 is 22.6 Å². The van der Waals surface area contributed by atoms with E-state index in [-0.39, 0.29) is 11.7 Å². The number of rotatable bonds is 1. The molecule has 26 heavy (non-hydrogen) atoms. The number of aryl methyl sites for hydroxylation is 2. The molecule has 4 aromatic rings. The molecule has 0 aliphatic heterocycles. The van der Waals surface area contributed by atoms with Gasteiger partial charge in [0, 0.05) is 18.3 Å². The van der Waals surface area contributed by atoms with Crippen LogP contribution in [0.3, 0.4) is 0 Å². The molecule has 1 aliphatic carbocycles. The summed E-state index contributed by atoms with van der Waals surface area (Å²) in [6.07, 6.45) is 3.07. The molecule has 0 radical (unpaired) electrons. The van der Waals surface area contributed by atoms with E-state index in [0.717, 1.165) is 28.7 Å². The summed E-state index contributed by atoms with van der Waals surface area (Å²) in [5.74, 6) is 1.04. The van der Waals surface area contributed by atoms with Gasteiger partial charge in [0.1, 0.15) is 0 Å². The minimum atomic E-state index is 0.167. The van der Waals surface area contributed by atoms with Gasteiger partial charge in [-0.1, -0.05) is 30.3 Å². The second-order valence-corrected chi connectivity index (χ2v) is 7.23. The van der Waals surface area contributed by atoms with Gasteiger partial charge in [0.15, 0.2) is 5.78 Å². The summed E-state index contributed by atoms with van der Waals surface area (Å²) in [6.45, 7) is 4.20. The third-order valence-corrected chi connectivity index (χ3v) is 5.59. The highest BCUT2D eigenvalue weighted by Crippen LogP contribution is 2.34. The lowest BCUT2D eigenvalue weighted by atomic mass is 9.82. The SMILES string of the molecule is Cc1cc2nc3ncc4c(n3c2cc1C)CC(c1ccccc1)CC4=O. The van der Waals surface area contributed by atoms with Gasteiger partial charge in [-0.2, -0.15) is 0 Å². The Morgan fingerprint density at radius 1 is 1.04 bits per heavy atom.